The maximum atomic E-state index is 13.8. The normalized spacial score (nSPS) is 14.9. The molecular weight excluding hydrogens is 377 g/mol. The van der Waals surface area contributed by atoms with Gasteiger partial charge in [-0.05, 0) is 25.0 Å². The maximum absolute atomic E-state index is 13.8. The Labute approximate surface area is 165 Å². The molecule has 0 bridgehead atoms. The van der Waals surface area contributed by atoms with Crippen LogP contribution in [0.15, 0.2) is 46.0 Å². The first-order valence-corrected chi connectivity index (χ1v) is 9.50. The molecule has 0 aliphatic carbocycles. The predicted molar refractivity (Wildman–Crippen MR) is 101 cm³/mol. The Bertz CT molecular complexity index is 1060. The van der Waals surface area contributed by atoms with Crippen LogP contribution in [0.25, 0.3) is 11.4 Å². The van der Waals surface area contributed by atoms with Crippen molar-refractivity contribution >= 4 is 5.91 Å². The SMILES string of the molecule is O=C(CCc1nc(-c2ccccc2F)no1)N1CCC(c2cc(=O)[nH]cn2)CC1. The van der Waals surface area contributed by atoms with E-state index in [1.54, 1.807) is 23.1 Å². The highest BCUT2D eigenvalue weighted by molar-refractivity contribution is 5.76. The summed E-state index contributed by atoms with van der Waals surface area (Å²) in [7, 11) is 0. The van der Waals surface area contributed by atoms with Crippen LogP contribution in [0, 0.1) is 5.82 Å². The van der Waals surface area contributed by atoms with Crippen LogP contribution in [0.3, 0.4) is 0 Å². The molecule has 29 heavy (non-hydrogen) atoms. The summed E-state index contributed by atoms with van der Waals surface area (Å²) < 4.78 is 19.0. The number of nitrogens with zero attached hydrogens (tertiary/aromatic N) is 4. The largest absolute Gasteiger partial charge is 0.343 e. The minimum Gasteiger partial charge on any atom is -0.343 e. The lowest BCUT2D eigenvalue weighted by Crippen LogP contribution is -2.38. The van der Waals surface area contributed by atoms with Gasteiger partial charge < -0.3 is 14.4 Å². The van der Waals surface area contributed by atoms with Crippen LogP contribution in [0.2, 0.25) is 0 Å². The average Bonchev–Trinajstić information content (AvgIpc) is 3.21. The number of hydrogen-bond acceptors (Lipinski definition) is 6. The molecule has 0 radical (unpaired) electrons. The Morgan fingerprint density at radius 3 is 2.83 bits per heavy atom. The Hall–Kier alpha value is -3.36. The van der Waals surface area contributed by atoms with Crippen molar-refractivity contribution in [1.29, 1.82) is 0 Å². The number of aryl methyl sites for hydroxylation is 1. The fourth-order valence-electron chi connectivity index (χ4n) is 3.51. The number of carbonyl (C=O) groups excluding carboxylic acids is 1. The molecule has 4 rings (SSSR count). The van der Waals surface area contributed by atoms with Gasteiger partial charge in [0.1, 0.15) is 5.82 Å². The first kappa shape index (κ1) is 19.0. The number of hydrogen-bond donors (Lipinski definition) is 1. The van der Waals surface area contributed by atoms with Gasteiger partial charge in [0, 0.05) is 37.9 Å². The molecule has 1 amide bonds. The molecule has 9 heteroatoms. The molecule has 2 aromatic heterocycles. The Kier molecular flexibility index (Phi) is 5.46. The molecule has 0 atom stereocenters. The second kappa shape index (κ2) is 8.34. The fourth-order valence-corrected chi connectivity index (χ4v) is 3.51. The molecule has 0 spiro atoms. The van der Waals surface area contributed by atoms with Crippen molar-refractivity contribution in [2.24, 2.45) is 0 Å². The predicted octanol–water partition coefficient (Wildman–Crippen LogP) is 2.30. The summed E-state index contributed by atoms with van der Waals surface area (Å²) in [6, 6.07) is 7.72. The number of benzene rings is 1. The summed E-state index contributed by atoms with van der Waals surface area (Å²) >= 11 is 0. The minimum absolute atomic E-state index is 0.00737. The number of H-pyrrole nitrogens is 1. The van der Waals surface area contributed by atoms with Gasteiger partial charge in [-0.1, -0.05) is 17.3 Å². The van der Waals surface area contributed by atoms with Crippen LogP contribution in [0.1, 0.15) is 36.8 Å². The topological polar surface area (TPSA) is 105 Å². The van der Waals surface area contributed by atoms with Crippen LogP contribution in [0.4, 0.5) is 4.39 Å². The molecule has 1 aliphatic heterocycles. The van der Waals surface area contributed by atoms with Gasteiger partial charge in [0.25, 0.3) is 5.56 Å². The number of halogens is 1. The fraction of sp³-hybridized carbons (Fsp3) is 0.350. The Morgan fingerprint density at radius 1 is 1.28 bits per heavy atom. The molecule has 3 aromatic rings. The van der Waals surface area contributed by atoms with Crippen molar-refractivity contribution in [3.05, 3.63) is 64.4 Å². The van der Waals surface area contributed by atoms with Gasteiger partial charge in [-0.3, -0.25) is 9.59 Å². The number of aromatic nitrogens is 4. The van der Waals surface area contributed by atoms with Crippen LogP contribution in [0.5, 0.6) is 0 Å². The molecule has 1 fully saturated rings. The summed E-state index contributed by atoms with van der Waals surface area (Å²) in [4.78, 5) is 36.7. The smallest absolute Gasteiger partial charge is 0.250 e. The average molecular weight is 397 g/mol. The van der Waals surface area contributed by atoms with Crippen molar-refractivity contribution in [3.63, 3.8) is 0 Å². The van der Waals surface area contributed by atoms with E-state index in [1.807, 2.05) is 0 Å². The third kappa shape index (κ3) is 4.39. The van der Waals surface area contributed by atoms with E-state index in [1.165, 1.54) is 18.5 Å². The highest BCUT2D eigenvalue weighted by Crippen LogP contribution is 2.26. The third-order valence-corrected chi connectivity index (χ3v) is 5.10. The second-order valence-electron chi connectivity index (χ2n) is 6.98. The van der Waals surface area contributed by atoms with Crippen LogP contribution in [-0.2, 0) is 11.2 Å². The number of rotatable bonds is 5. The number of nitrogens with one attached hydrogen (secondary N) is 1. The highest BCUT2D eigenvalue weighted by atomic mass is 19.1. The summed E-state index contributed by atoms with van der Waals surface area (Å²) in [5, 5.41) is 3.80. The number of likely N-dealkylation sites (tertiary alicyclic amines) is 1. The van der Waals surface area contributed by atoms with E-state index in [4.69, 9.17) is 4.52 Å². The number of piperidine rings is 1. The van der Waals surface area contributed by atoms with E-state index in [-0.39, 0.29) is 35.2 Å². The molecule has 1 aromatic carbocycles. The van der Waals surface area contributed by atoms with E-state index in [9.17, 15) is 14.0 Å². The number of aromatic amines is 1. The lowest BCUT2D eigenvalue weighted by molar-refractivity contribution is -0.132. The lowest BCUT2D eigenvalue weighted by atomic mass is 9.93. The van der Waals surface area contributed by atoms with Crippen molar-refractivity contribution in [1.82, 2.24) is 25.0 Å². The van der Waals surface area contributed by atoms with Crippen LogP contribution >= 0.6 is 0 Å². The zero-order valence-electron chi connectivity index (χ0n) is 15.7. The molecule has 1 N–H and O–H groups in total. The summed E-state index contributed by atoms with van der Waals surface area (Å²) in [6.45, 7) is 1.23. The Morgan fingerprint density at radius 2 is 2.07 bits per heavy atom. The zero-order valence-corrected chi connectivity index (χ0v) is 15.7. The standard InChI is InChI=1S/C20H20FN5O3/c21-15-4-2-1-3-14(15)20-24-18(29-25-20)5-6-19(28)26-9-7-13(8-10-26)16-11-17(27)23-12-22-16/h1-4,11-13H,5-10H2,(H,22,23,27). The molecule has 3 heterocycles. The van der Waals surface area contributed by atoms with E-state index in [2.05, 4.69) is 20.1 Å². The third-order valence-electron chi connectivity index (χ3n) is 5.10. The van der Waals surface area contributed by atoms with Crippen molar-refractivity contribution in [2.45, 2.75) is 31.6 Å². The summed E-state index contributed by atoms with van der Waals surface area (Å²) in [5.41, 5.74) is 0.874. The first-order chi connectivity index (χ1) is 14.1. The molecule has 1 aliphatic rings. The number of carbonyl (C=O) groups is 1. The summed E-state index contributed by atoms with van der Waals surface area (Å²) in [5.74, 6) is 0.248. The van der Waals surface area contributed by atoms with E-state index in [0.29, 0.717) is 25.4 Å². The van der Waals surface area contributed by atoms with Gasteiger partial charge in [0.2, 0.25) is 17.6 Å². The second-order valence-corrected chi connectivity index (χ2v) is 6.98. The van der Waals surface area contributed by atoms with Gasteiger partial charge in [0.15, 0.2) is 0 Å². The zero-order chi connectivity index (χ0) is 20.2. The molecule has 1 saturated heterocycles. The molecule has 0 saturated carbocycles. The van der Waals surface area contributed by atoms with Gasteiger partial charge in [-0.25, -0.2) is 9.37 Å². The highest BCUT2D eigenvalue weighted by Gasteiger charge is 2.25. The van der Waals surface area contributed by atoms with Crippen molar-refractivity contribution in [2.75, 3.05) is 13.1 Å². The molecular formula is C20H20FN5O3. The monoisotopic (exact) mass is 397 g/mol. The van der Waals surface area contributed by atoms with Gasteiger partial charge in [0.05, 0.1) is 17.6 Å². The van der Waals surface area contributed by atoms with E-state index < -0.39 is 5.82 Å². The maximum Gasteiger partial charge on any atom is 0.250 e. The van der Waals surface area contributed by atoms with Crippen LogP contribution in [-0.4, -0.2) is 44.0 Å². The van der Waals surface area contributed by atoms with Gasteiger partial charge in [-0.15, -0.1) is 0 Å². The molecule has 0 unspecified atom stereocenters. The van der Waals surface area contributed by atoms with Crippen molar-refractivity contribution in [3.8, 4) is 11.4 Å². The molecule has 150 valence electrons. The number of amides is 1. The Balaban J connectivity index is 1.30. The van der Waals surface area contributed by atoms with Gasteiger partial charge >= 0.3 is 0 Å². The quantitative estimate of drug-likeness (QED) is 0.708. The van der Waals surface area contributed by atoms with Gasteiger partial charge in [-0.2, -0.15) is 4.98 Å². The van der Waals surface area contributed by atoms with E-state index >= 15 is 0 Å². The first-order valence-electron chi connectivity index (χ1n) is 9.50. The van der Waals surface area contributed by atoms with Crippen molar-refractivity contribution < 1.29 is 13.7 Å². The molecule has 8 nitrogen and oxygen atoms in total. The minimum atomic E-state index is -0.423. The van der Waals surface area contributed by atoms with E-state index in [0.717, 1.165) is 18.5 Å². The summed E-state index contributed by atoms with van der Waals surface area (Å²) in [6.07, 6.45) is 3.48. The lowest BCUT2D eigenvalue weighted by Gasteiger charge is -2.31. The van der Waals surface area contributed by atoms with Crippen LogP contribution < -0.4 is 5.56 Å².